The topological polar surface area (TPSA) is 69.0 Å². The standard InChI is InChI=1S/C17H22N2O3/c1-10-15(11(2)19(18-10)12-6-3-4-7-12)17(22)16-13(20)8-5-9-14(16)21/h12,16H,3-9H2,1-2H3. The van der Waals surface area contributed by atoms with Gasteiger partial charge in [0.2, 0.25) is 0 Å². The number of nitrogens with zero attached hydrogens (tertiary/aromatic N) is 2. The van der Waals surface area contributed by atoms with Crippen molar-refractivity contribution in [2.45, 2.75) is 64.8 Å². The van der Waals surface area contributed by atoms with Gasteiger partial charge in [0.25, 0.3) is 0 Å². The fourth-order valence-corrected chi connectivity index (χ4v) is 3.87. The van der Waals surface area contributed by atoms with Crippen molar-refractivity contribution >= 4 is 17.3 Å². The Morgan fingerprint density at radius 1 is 1.05 bits per heavy atom. The maximum absolute atomic E-state index is 12.8. The Labute approximate surface area is 130 Å². The summed E-state index contributed by atoms with van der Waals surface area (Å²) in [4.78, 5) is 36.9. The van der Waals surface area contributed by atoms with E-state index in [0.29, 0.717) is 36.6 Å². The summed E-state index contributed by atoms with van der Waals surface area (Å²) in [7, 11) is 0. The van der Waals surface area contributed by atoms with Gasteiger partial charge in [-0.25, -0.2) is 0 Å². The first-order chi connectivity index (χ1) is 10.5. The summed E-state index contributed by atoms with van der Waals surface area (Å²) in [6.07, 6.45) is 5.76. The second kappa shape index (κ2) is 5.78. The van der Waals surface area contributed by atoms with Gasteiger partial charge in [0.15, 0.2) is 17.3 Å². The largest absolute Gasteiger partial charge is 0.298 e. The first-order valence-corrected chi connectivity index (χ1v) is 8.16. The van der Waals surface area contributed by atoms with Crippen LogP contribution in [0.15, 0.2) is 0 Å². The number of Topliss-reactive ketones (excluding diaryl/α,β-unsaturated/α-hetero) is 3. The quantitative estimate of drug-likeness (QED) is 0.636. The minimum absolute atomic E-state index is 0.228. The predicted molar refractivity (Wildman–Crippen MR) is 80.9 cm³/mol. The van der Waals surface area contributed by atoms with Crippen molar-refractivity contribution < 1.29 is 14.4 Å². The predicted octanol–water partition coefficient (Wildman–Crippen LogP) is 2.74. The fourth-order valence-electron chi connectivity index (χ4n) is 3.87. The number of rotatable bonds is 3. The number of aromatic nitrogens is 2. The van der Waals surface area contributed by atoms with Crippen LogP contribution in [0, 0.1) is 19.8 Å². The van der Waals surface area contributed by atoms with Gasteiger partial charge in [-0.1, -0.05) is 12.8 Å². The van der Waals surface area contributed by atoms with Gasteiger partial charge in [0.05, 0.1) is 17.3 Å². The highest BCUT2D eigenvalue weighted by Crippen LogP contribution is 2.32. The van der Waals surface area contributed by atoms with Crippen molar-refractivity contribution in [1.82, 2.24) is 9.78 Å². The molecule has 1 aromatic rings. The molecule has 0 unspecified atom stereocenters. The third-order valence-corrected chi connectivity index (χ3v) is 4.99. The van der Waals surface area contributed by atoms with Crippen molar-refractivity contribution in [2.75, 3.05) is 0 Å². The molecule has 5 heteroatoms. The molecule has 2 saturated carbocycles. The van der Waals surface area contributed by atoms with Crippen molar-refractivity contribution in [3.05, 3.63) is 17.0 Å². The van der Waals surface area contributed by atoms with Gasteiger partial charge in [0.1, 0.15) is 5.92 Å². The minimum Gasteiger partial charge on any atom is -0.298 e. The molecule has 2 aliphatic rings. The number of hydrogen-bond acceptors (Lipinski definition) is 4. The molecule has 118 valence electrons. The Morgan fingerprint density at radius 3 is 2.23 bits per heavy atom. The third kappa shape index (κ3) is 2.42. The zero-order valence-corrected chi connectivity index (χ0v) is 13.2. The van der Waals surface area contributed by atoms with E-state index in [1.54, 1.807) is 6.92 Å². The first kappa shape index (κ1) is 15.1. The van der Waals surface area contributed by atoms with Crippen LogP contribution < -0.4 is 0 Å². The fraction of sp³-hybridized carbons (Fsp3) is 0.647. The molecule has 0 aliphatic heterocycles. The molecule has 0 amide bonds. The molecule has 0 N–H and O–H groups in total. The molecule has 2 fully saturated rings. The Bertz CT molecular complexity index is 623. The van der Waals surface area contributed by atoms with Gasteiger partial charge in [0, 0.05) is 18.5 Å². The first-order valence-electron chi connectivity index (χ1n) is 8.16. The summed E-state index contributed by atoms with van der Waals surface area (Å²) in [6, 6.07) is 0.345. The highest BCUT2D eigenvalue weighted by Gasteiger charge is 2.39. The smallest absolute Gasteiger partial charge is 0.184 e. The second-order valence-corrected chi connectivity index (χ2v) is 6.51. The van der Waals surface area contributed by atoms with Crippen LogP contribution in [0.5, 0.6) is 0 Å². The van der Waals surface area contributed by atoms with Crippen LogP contribution in [0.1, 0.15) is 72.7 Å². The summed E-state index contributed by atoms with van der Waals surface area (Å²) in [5.41, 5.74) is 1.93. The molecular formula is C17H22N2O3. The SMILES string of the molecule is Cc1nn(C2CCCC2)c(C)c1C(=O)C1C(=O)CCCC1=O. The van der Waals surface area contributed by atoms with Gasteiger partial charge in [-0.2, -0.15) is 5.10 Å². The molecule has 5 nitrogen and oxygen atoms in total. The van der Waals surface area contributed by atoms with Crippen LogP contribution in [0.25, 0.3) is 0 Å². The van der Waals surface area contributed by atoms with Gasteiger partial charge >= 0.3 is 0 Å². The lowest BCUT2D eigenvalue weighted by molar-refractivity contribution is -0.133. The lowest BCUT2D eigenvalue weighted by atomic mass is 9.81. The highest BCUT2D eigenvalue weighted by atomic mass is 16.2. The van der Waals surface area contributed by atoms with Gasteiger partial charge in [-0.3, -0.25) is 19.1 Å². The van der Waals surface area contributed by atoms with E-state index in [-0.39, 0.29) is 17.3 Å². The van der Waals surface area contributed by atoms with Crippen molar-refractivity contribution in [3.8, 4) is 0 Å². The number of hydrogen-bond donors (Lipinski definition) is 0. The van der Waals surface area contributed by atoms with E-state index >= 15 is 0 Å². The maximum atomic E-state index is 12.8. The summed E-state index contributed by atoms with van der Waals surface area (Å²) >= 11 is 0. The lowest BCUT2D eigenvalue weighted by Gasteiger charge is -2.18. The van der Waals surface area contributed by atoms with Crippen LogP contribution in [0.3, 0.4) is 0 Å². The van der Waals surface area contributed by atoms with Crippen LogP contribution >= 0.6 is 0 Å². The van der Waals surface area contributed by atoms with Crippen LogP contribution in [-0.4, -0.2) is 27.1 Å². The van der Waals surface area contributed by atoms with Crippen LogP contribution in [0.4, 0.5) is 0 Å². The van der Waals surface area contributed by atoms with Crippen LogP contribution in [-0.2, 0) is 9.59 Å². The number of ketones is 3. The Morgan fingerprint density at radius 2 is 1.64 bits per heavy atom. The number of carbonyl (C=O) groups is 3. The van der Waals surface area contributed by atoms with Crippen molar-refractivity contribution in [3.63, 3.8) is 0 Å². The average Bonchev–Trinajstić information content (AvgIpc) is 3.06. The molecule has 3 rings (SSSR count). The zero-order chi connectivity index (χ0) is 15.9. The molecule has 0 atom stereocenters. The summed E-state index contributed by atoms with van der Waals surface area (Å²) in [6.45, 7) is 3.67. The van der Waals surface area contributed by atoms with E-state index in [1.165, 1.54) is 12.8 Å². The molecule has 0 spiro atoms. The second-order valence-electron chi connectivity index (χ2n) is 6.51. The Balaban J connectivity index is 1.95. The monoisotopic (exact) mass is 302 g/mol. The minimum atomic E-state index is -1.09. The maximum Gasteiger partial charge on any atom is 0.184 e. The normalized spacial score (nSPS) is 20.8. The average molecular weight is 302 g/mol. The van der Waals surface area contributed by atoms with E-state index in [9.17, 15) is 14.4 Å². The lowest BCUT2D eigenvalue weighted by Crippen LogP contribution is -2.35. The summed E-state index contributed by atoms with van der Waals surface area (Å²) < 4.78 is 1.94. The van der Waals surface area contributed by atoms with Gasteiger partial charge in [-0.05, 0) is 33.1 Å². The zero-order valence-electron chi connectivity index (χ0n) is 13.2. The summed E-state index contributed by atoms with van der Waals surface area (Å²) in [5, 5.41) is 4.53. The highest BCUT2D eigenvalue weighted by molar-refractivity contribution is 6.25. The molecule has 1 aromatic heterocycles. The Hall–Kier alpha value is -1.78. The van der Waals surface area contributed by atoms with E-state index in [1.807, 2.05) is 11.6 Å². The molecule has 0 saturated heterocycles. The van der Waals surface area contributed by atoms with E-state index < -0.39 is 5.92 Å². The van der Waals surface area contributed by atoms with Gasteiger partial charge < -0.3 is 0 Å². The molecule has 0 bridgehead atoms. The van der Waals surface area contributed by atoms with Crippen LogP contribution in [0.2, 0.25) is 0 Å². The molecule has 0 aromatic carbocycles. The van der Waals surface area contributed by atoms with E-state index in [0.717, 1.165) is 18.5 Å². The van der Waals surface area contributed by atoms with Crippen molar-refractivity contribution in [2.24, 2.45) is 5.92 Å². The molecule has 0 radical (unpaired) electrons. The third-order valence-electron chi connectivity index (χ3n) is 4.99. The Kier molecular flexibility index (Phi) is 3.98. The van der Waals surface area contributed by atoms with E-state index in [2.05, 4.69) is 5.10 Å². The molecule has 2 aliphatic carbocycles. The van der Waals surface area contributed by atoms with Crippen molar-refractivity contribution in [1.29, 1.82) is 0 Å². The molecular weight excluding hydrogens is 280 g/mol. The van der Waals surface area contributed by atoms with E-state index in [4.69, 9.17) is 0 Å². The number of carbonyl (C=O) groups excluding carboxylic acids is 3. The molecule has 22 heavy (non-hydrogen) atoms. The molecule has 1 heterocycles. The van der Waals surface area contributed by atoms with Gasteiger partial charge in [-0.15, -0.1) is 0 Å². The number of aryl methyl sites for hydroxylation is 1. The summed E-state index contributed by atoms with van der Waals surface area (Å²) in [5.74, 6) is -1.89.